The Morgan fingerprint density at radius 1 is 1.23 bits per heavy atom. The molecule has 2 N–H and O–H groups in total. The zero-order valence-electron chi connectivity index (χ0n) is 15.1. The van der Waals surface area contributed by atoms with Crippen LogP contribution in [0.5, 0.6) is 0 Å². The van der Waals surface area contributed by atoms with Crippen LogP contribution < -0.4 is 16.2 Å². The Hall–Kier alpha value is -3.60. The van der Waals surface area contributed by atoms with Crippen LogP contribution in [0, 0.1) is 0 Å². The number of benzene rings is 1. The number of amides is 1. The molecular formula is C19H13F3N4O3S. The van der Waals surface area contributed by atoms with E-state index < -0.39 is 17.6 Å². The van der Waals surface area contributed by atoms with Crippen molar-refractivity contribution >= 4 is 33.6 Å². The lowest BCUT2D eigenvalue weighted by molar-refractivity contribution is -0.136. The van der Waals surface area contributed by atoms with Gasteiger partial charge in [-0.05, 0) is 24.3 Å². The molecule has 3 aromatic heterocycles. The molecule has 0 fully saturated rings. The molecule has 0 aliphatic carbocycles. The van der Waals surface area contributed by atoms with E-state index in [0.29, 0.717) is 10.7 Å². The van der Waals surface area contributed by atoms with Gasteiger partial charge in [0.05, 0.1) is 29.6 Å². The Bertz CT molecular complexity index is 1260. The molecular weight excluding hydrogens is 421 g/mol. The first-order valence-electron chi connectivity index (χ1n) is 8.56. The van der Waals surface area contributed by atoms with Crippen molar-refractivity contribution in [1.29, 1.82) is 0 Å². The summed E-state index contributed by atoms with van der Waals surface area (Å²) in [7, 11) is 0. The first kappa shape index (κ1) is 19.7. The van der Waals surface area contributed by atoms with Crippen LogP contribution in [0.15, 0.2) is 63.6 Å². The molecule has 1 aromatic carbocycles. The molecule has 0 saturated carbocycles. The first-order chi connectivity index (χ1) is 14.3. The highest BCUT2D eigenvalue weighted by atomic mass is 32.1. The van der Waals surface area contributed by atoms with Gasteiger partial charge in [-0.25, -0.2) is 4.98 Å². The molecule has 4 aromatic rings. The summed E-state index contributed by atoms with van der Waals surface area (Å²) < 4.78 is 46.8. The zero-order chi connectivity index (χ0) is 21.3. The van der Waals surface area contributed by atoms with Gasteiger partial charge in [-0.15, -0.1) is 11.3 Å². The van der Waals surface area contributed by atoms with Gasteiger partial charge in [0, 0.05) is 29.0 Å². The molecule has 7 nitrogen and oxygen atoms in total. The largest absolute Gasteiger partial charge is 0.472 e. The number of thiazole rings is 1. The summed E-state index contributed by atoms with van der Waals surface area (Å²) in [6, 6.07) is 6.06. The predicted molar refractivity (Wildman–Crippen MR) is 105 cm³/mol. The average molecular weight is 434 g/mol. The van der Waals surface area contributed by atoms with Gasteiger partial charge in [0.25, 0.3) is 11.5 Å². The number of nitrogens with one attached hydrogen (secondary N) is 2. The van der Waals surface area contributed by atoms with E-state index in [4.69, 9.17) is 4.42 Å². The maximum absolute atomic E-state index is 13.6. The fourth-order valence-corrected chi connectivity index (χ4v) is 3.51. The fraction of sp³-hybridized carbons (Fsp3) is 0.105. The quantitative estimate of drug-likeness (QED) is 0.491. The monoisotopic (exact) mass is 434 g/mol. The molecule has 30 heavy (non-hydrogen) atoms. The standard InChI is InChI=1S/C19H13F3N4O3S/c20-19(21,22)14-7-12(24-17(28)11-3-5-29-10-11)1-2-15(14)23-9-13-8-16(27)26-4-6-30-18(26)25-13/h1-8,10,23H,9H2,(H,24,28). The molecule has 0 spiro atoms. The lowest BCUT2D eigenvalue weighted by Crippen LogP contribution is -2.17. The van der Waals surface area contributed by atoms with Crippen LogP contribution in [-0.4, -0.2) is 15.3 Å². The number of furan rings is 1. The summed E-state index contributed by atoms with van der Waals surface area (Å²) in [6.07, 6.45) is -0.610. The highest BCUT2D eigenvalue weighted by Gasteiger charge is 2.34. The molecule has 0 unspecified atom stereocenters. The maximum atomic E-state index is 13.6. The Morgan fingerprint density at radius 3 is 2.80 bits per heavy atom. The molecule has 154 valence electrons. The minimum atomic E-state index is -4.66. The van der Waals surface area contributed by atoms with Crippen molar-refractivity contribution in [2.75, 3.05) is 10.6 Å². The van der Waals surface area contributed by atoms with Crippen LogP contribution in [-0.2, 0) is 12.7 Å². The number of nitrogens with zero attached hydrogens (tertiary/aromatic N) is 2. The molecule has 0 saturated heterocycles. The maximum Gasteiger partial charge on any atom is 0.418 e. The van der Waals surface area contributed by atoms with E-state index in [1.807, 2.05) is 0 Å². The zero-order valence-corrected chi connectivity index (χ0v) is 15.9. The molecule has 0 aliphatic heterocycles. The Kier molecular flexibility index (Phi) is 5.04. The van der Waals surface area contributed by atoms with Gasteiger partial charge < -0.3 is 15.1 Å². The van der Waals surface area contributed by atoms with Gasteiger partial charge in [-0.3, -0.25) is 14.0 Å². The van der Waals surface area contributed by atoms with E-state index in [1.54, 1.807) is 11.6 Å². The van der Waals surface area contributed by atoms with Gasteiger partial charge in [-0.2, -0.15) is 13.2 Å². The van der Waals surface area contributed by atoms with Gasteiger partial charge in [0.1, 0.15) is 6.26 Å². The Labute approximate surface area is 170 Å². The van der Waals surface area contributed by atoms with Crippen LogP contribution in [0.2, 0.25) is 0 Å². The minimum Gasteiger partial charge on any atom is -0.472 e. The molecule has 0 atom stereocenters. The lowest BCUT2D eigenvalue weighted by Gasteiger charge is -2.16. The van der Waals surface area contributed by atoms with Gasteiger partial charge in [-0.1, -0.05) is 0 Å². The normalized spacial score (nSPS) is 11.6. The second kappa shape index (κ2) is 7.67. The van der Waals surface area contributed by atoms with E-state index >= 15 is 0 Å². The van der Waals surface area contributed by atoms with Crippen LogP contribution in [0.1, 0.15) is 21.6 Å². The number of hydrogen-bond donors (Lipinski definition) is 2. The van der Waals surface area contributed by atoms with Gasteiger partial charge in [0.2, 0.25) is 0 Å². The molecule has 0 bridgehead atoms. The third-order valence-corrected chi connectivity index (χ3v) is 4.94. The third kappa shape index (κ3) is 4.06. The van der Waals surface area contributed by atoms with E-state index in [1.165, 1.54) is 52.5 Å². The number of halogens is 3. The fourth-order valence-electron chi connectivity index (χ4n) is 2.77. The van der Waals surface area contributed by atoms with Crippen LogP contribution >= 0.6 is 11.3 Å². The third-order valence-electron chi connectivity index (χ3n) is 4.18. The number of aromatic nitrogens is 2. The summed E-state index contributed by atoms with van der Waals surface area (Å²) in [5.41, 5.74) is -0.986. The summed E-state index contributed by atoms with van der Waals surface area (Å²) in [5.74, 6) is -0.591. The number of fused-ring (bicyclic) bond motifs is 1. The first-order valence-corrected chi connectivity index (χ1v) is 9.44. The molecule has 3 heterocycles. The lowest BCUT2D eigenvalue weighted by atomic mass is 10.1. The van der Waals surface area contributed by atoms with Gasteiger partial charge in [0.15, 0.2) is 4.96 Å². The van der Waals surface area contributed by atoms with Crippen molar-refractivity contribution in [3.63, 3.8) is 0 Å². The van der Waals surface area contributed by atoms with E-state index in [2.05, 4.69) is 15.6 Å². The number of carbonyl (C=O) groups is 1. The Balaban J connectivity index is 1.57. The highest BCUT2D eigenvalue weighted by Crippen LogP contribution is 2.37. The second-order valence-corrected chi connectivity index (χ2v) is 7.09. The summed E-state index contributed by atoms with van der Waals surface area (Å²) >= 11 is 1.25. The molecule has 1 amide bonds. The average Bonchev–Trinajstić information content (AvgIpc) is 3.38. The number of rotatable bonds is 5. The van der Waals surface area contributed by atoms with E-state index in [9.17, 15) is 22.8 Å². The van der Waals surface area contributed by atoms with Crippen LogP contribution in [0.25, 0.3) is 4.96 Å². The number of carbonyl (C=O) groups excluding carboxylic acids is 1. The van der Waals surface area contributed by atoms with Gasteiger partial charge >= 0.3 is 6.18 Å². The van der Waals surface area contributed by atoms with E-state index in [-0.39, 0.29) is 29.0 Å². The summed E-state index contributed by atoms with van der Waals surface area (Å²) in [5, 5.41) is 6.77. The summed E-state index contributed by atoms with van der Waals surface area (Å²) in [6.45, 7) is -0.0759. The highest BCUT2D eigenvalue weighted by molar-refractivity contribution is 7.15. The van der Waals surface area contributed by atoms with Crippen molar-refractivity contribution in [3.8, 4) is 0 Å². The van der Waals surface area contributed by atoms with Crippen molar-refractivity contribution in [3.05, 3.63) is 81.6 Å². The number of anilines is 2. The smallest absolute Gasteiger partial charge is 0.418 e. The van der Waals surface area contributed by atoms with Crippen molar-refractivity contribution < 1.29 is 22.4 Å². The molecule has 0 radical (unpaired) electrons. The second-order valence-electron chi connectivity index (χ2n) is 6.22. The predicted octanol–water partition coefficient (Wildman–Crippen LogP) is 4.23. The van der Waals surface area contributed by atoms with E-state index in [0.717, 1.165) is 6.07 Å². The topological polar surface area (TPSA) is 88.6 Å². The van der Waals surface area contributed by atoms with Crippen molar-refractivity contribution in [1.82, 2.24) is 9.38 Å². The molecule has 11 heteroatoms. The van der Waals surface area contributed by atoms with Crippen molar-refractivity contribution in [2.45, 2.75) is 12.7 Å². The van der Waals surface area contributed by atoms with Crippen LogP contribution in [0.4, 0.5) is 24.5 Å². The minimum absolute atomic E-state index is 0.0181. The molecule has 0 aliphatic rings. The van der Waals surface area contributed by atoms with Crippen molar-refractivity contribution in [2.24, 2.45) is 0 Å². The SMILES string of the molecule is O=C(Nc1ccc(NCc2cc(=O)n3ccsc3n2)c(C(F)(F)F)c1)c1ccoc1. The summed E-state index contributed by atoms with van der Waals surface area (Å²) in [4.78, 5) is 28.8. The number of hydrogen-bond acceptors (Lipinski definition) is 6. The molecule has 4 rings (SSSR count). The number of alkyl halides is 3. The Morgan fingerprint density at radius 2 is 2.07 bits per heavy atom. The van der Waals surface area contributed by atoms with Crippen LogP contribution in [0.3, 0.4) is 0 Å².